The molecular formula is C116H150N8O12. The molecule has 0 aliphatic heterocycles. The van der Waals surface area contributed by atoms with E-state index >= 15 is 0 Å². The van der Waals surface area contributed by atoms with E-state index in [9.17, 15) is 9.59 Å². The fraction of sp³-hybridized carbons (Fsp3) is 0.483. The third-order valence-corrected chi connectivity index (χ3v) is 24.4. The van der Waals surface area contributed by atoms with E-state index in [2.05, 4.69) is 67.6 Å². The molecule has 20 nitrogen and oxygen atoms in total. The lowest BCUT2D eigenvalue weighted by atomic mass is 10.1. The van der Waals surface area contributed by atoms with Crippen LogP contribution in [0.2, 0.25) is 0 Å². The molecule has 11 aromatic rings. The number of carbonyl (C=O) groups excluding carboxylic acids is 2. The standard InChI is InChI=1S/C116H150N8O12/c1-5-9-13-17-21-33-47-91-83-117-111(118-84-91)95-53-63-101(64-54-95)127-73-39-25-29-43-77-131-105-71-61-99(81-109(105)133-79-45-31-27-41-75-129-103-67-57-97(58-68-103)113-121-87-93(88-122-113)49-35-23-19-15-11-7-3)115(125)135-107-51-37-38-52-108(107)136-116(126)100-62-72-106(132-78-44-30-26-40-74-128-102-65-55-96(56-66-102)112-119-85-92(86-120-112)48-34-22-18-14-10-6-2)110(82-100)134-80-46-32-28-42-76-130-104-69-59-98(60-70-104)114-123-89-94(90-124-114)50-36-24-20-16-12-8-4/h37-38,51-72,81-90H,5-36,39-50,73-80H2,1-4H3. The number of carbonyl (C=O) groups is 2. The van der Waals surface area contributed by atoms with Crippen LogP contribution >= 0.6 is 0 Å². The Kier molecular flexibility index (Phi) is 48.9. The number of aromatic nitrogens is 8. The molecule has 0 aliphatic carbocycles. The van der Waals surface area contributed by atoms with Gasteiger partial charge in [-0.05, 0) is 322 Å². The highest BCUT2D eigenvalue weighted by Crippen LogP contribution is 2.36. The molecule has 0 fully saturated rings. The largest absolute Gasteiger partial charge is 0.494 e. The minimum absolute atomic E-state index is 0.0589. The van der Waals surface area contributed by atoms with Crippen molar-refractivity contribution in [2.75, 3.05) is 52.9 Å². The van der Waals surface area contributed by atoms with Crippen molar-refractivity contribution in [1.29, 1.82) is 0 Å². The molecule has 11 rings (SSSR count). The van der Waals surface area contributed by atoms with Crippen LogP contribution < -0.4 is 47.4 Å². The maximum absolute atomic E-state index is 14.3. The maximum atomic E-state index is 14.3. The van der Waals surface area contributed by atoms with Crippen LogP contribution in [0.3, 0.4) is 0 Å². The van der Waals surface area contributed by atoms with Gasteiger partial charge in [0.25, 0.3) is 0 Å². The molecule has 0 unspecified atom stereocenters. The first kappa shape index (κ1) is 105. The Morgan fingerprint density at radius 1 is 0.206 bits per heavy atom. The first-order valence-corrected chi connectivity index (χ1v) is 51.7. The average molecular weight is 1850 g/mol. The van der Waals surface area contributed by atoms with Gasteiger partial charge >= 0.3 is 11.9 Å². The molecule has 726 valence electrons. The predicted molar refractivity (Wildman–Crippen MR) is 545 cm³/mol. The Labute approximate surface area is 810 Å². The fourth-order valence-electron chi connectivity index (χ4n) is 16.2. The number of ether oxygens (including phenoxy) is 10. The van der Waals surface area contributed by atoms with Gasteiger partial charge in [-0.25, -0.2) is 49.5 Å². The second-order valence-corrected chi connectivity index (χ2v) is 35.8. The van der Waals surface area contributed by atoms with E-state index in [4.69, 9.17) is 47.4 Å². The minimum Gasteiger partial charge on any atom is -0.494 e. The normalized spacial score (nSPS) is 11.2. The quantitative estimate of drug-likeness (QED) is 0.0196. The molecule has 0 spiro atoms. The summed E-state index contributed by atoms with van der Waals surface area (Å²) in [5.74, 6) is 6.75. The van der Waals surface area contributed by atoms with E-state index in [1.807, 2.05) is 147 Å². The number of hydrogen-bond acceptors (Lipinski definition) is 20. The molecule has 0 amide bonds. The summed E-state index contributed by atoms with van der Waals surface area (Å²) in [5, 5.41) is 0. The molecule has 0 atom stereocenters. The topological polar surface area (TPSA) is 230 Å². The molecule has 0 bridgehead atoms. The molecule has 0 radical (unpaired) electrons. The minimum atomic E-state index is -0.672. The van der Waals surface area contributed by atoms with Crippen molar-refractivity contribution in [2.24, 2.45) is 0 Å². The van der Waals surface area contributed by atoms with Crippen LogP contribution in [0.5, 0.6) is 57.5 Å². The van der Waals surface area contributed by atoms with Crippen molar-refractivity contribution >= 4 is 11.9 Å². The van der Waals surface area contributed by atoms with Crippen molar-refractivity contribution in [2.45, 2.75) is 310 Å². The van der Waals surface area contributed by atoms with Gasteiger partial charge in [0.05, 0.1) is 64.0 Å². The van der Waals surface area contributed by atoms with Gasteiger partial charge in [-0.3, -0.25) is 0 Å². The number of rotatable bonds is 72. The summed E-state index contributed by atoms with van der Waals surface area (Å²) in [4.78, 5) is 66.1. The number of hydrogen-bond donors (Lipinski definition) is 0. The molecule has 0 N–H and O–H groups in total. The summed E-state index contributed by atoms with van der Waals surface area (Å²) in [6.45, 7) is 13.0. The highest BCUT2D eigenvalue weighted by atomic mass is 16.6. The van der Waals surface area contributed by atoms with Gasteiger partial charge in [-0.1, -0.05) is 168 Å². The van der Waals surface area contributed by atoms with Gasteiger partial charge < -0.3 is 47.4 Å². The van der Waals surface area contributed by atoms with Crippen LogP contribution in [0.25, 0.3) is 45.6 Å². The van der Waals surface area contributed by atoms with Gasteiger partial charge in [0.15, 0.2) is 57.8 Å². The fourth-order valence-corrected chi connectivity index (χ4v) is 16.2. The number of benzene rings is 7. The van der Waals surface area contributed by atoms with Gasteiger partial charge in [-0.15, -0.1) is 0 Å². The molecule has 4 aromatic heterocycles. The monoisotopic (exact) mass is 1850 g/mol. The molecule has 7 aromatic carbocycles. The summed E-state index contributed by atoms with van der Waals surface area (Å²) in [5.41, 5.74) is 9.01. The highest BCUT2D eigenvalue weighted by Gasteiger charge is 2.22. The molecule has 20 heteroatoms. The van der Waals surface area contributed by atoms with Crippen LogP contribution in [-0.4, -0.2) is 105 Å². The first-order chi connectivity index (χ1) is 67.2. The average Bonchev–Trinajstić information content (AvgIpc) is 0.813. The highest BCUT2D eigenvalue weighted by molar-refractivity contribution is 5.94. The predicted octanol–water partition coefficient (Wildman–Crippen LogP) is 29.6. The van der Waals surface area contributed by atoms with Crippen LogP contribution in [-0.2, 0) is 25.7 Å². The van der Waals surface area contributed by atoms with E-state index in [1.54, 1.807) is 60.7 Å². The second-order valence-electron chi connectivity index (χ2n) is 35.8. The van der Waals surface area contributed by atoms with E-state index in [1.165, 1.54) is 176 Å². The SMILES string of the molecule is CCCCCCCCc1cnc(-c2ccc(OCCCCCCOc3ccc(C(=O)Oc4ccccc4OC(=O)c4ccc(OCCCCCCOc5ccc(-c6ncc(CCCCCCCC)cn6)cc5)c(OCCCCCCOc5ccc(-c6ncc(CCCCCCCC)cn6)cc5)c4)cc3OCCCCCCOc3ccc(-c4ncc(CCCCCCCC)cn4)cc3)cc2)nc1. The molecule has 4 heterocycles. The Morgan fingerprint density at radius 3 is 0.647 bits per heavy atom. The molecular weight excluding hydrogens is 1700 g/mol. The van der Waals surface area contributed by atoms with Crippen LogP contribution in [0.15, 0.2) is 207 Å². The summed E-state index contributed by atoms with van der Waals surface area (Å²) in [6.07, 6.45) is 64.1. The Hall–Kier alpha value is -11.8. The summed E-state index contributed by atoms with van der Waals surface area (Å²) in [6, 6.07) is 48.8. The Morgan fingerprint density at radius 2 is 0.412 bits per heavy atom. The Balaban J connectivity index is 0.657. The maximum Gasteiger partial charge on any atom is 0.343 e. The van der Waals surface area contributed by atoms with Gasteiger partial charge in [-0.2, -0.15) is 0 Å². The van der Waals surface area contributed by atoms with Crippen molar-refractivity contribution in [3.63, 3.8) is 0 Å². The lowest BCUT2D eigenvalue weighted by Crippen LogP contribution is -2.13. The van der Waals surface area contributed by atoms with Crippen molar-refractivity contribution < 1.29 is 57.0 Å². The van der Waals surface area contributed by atoms with E-state index < -0.39 is 11.9 Å². The van der Waals surface area contributed by atoms with E-state index in [0.717, 1.165) is 174 Å². The van der Waals surface area contributed by atoms with Gasteiger partial charge in [0.2, 0.25) is 0 Å². The van der Waals surface area contributed by atoms with Crippen LogP contribution in [0.4, 0.5) is 0 Å². The van der Waals surface area contributed by atoms with Gasteiger partial charge in [0.1, 0.15) is 23.0 Å². The number of para-hydroxylation sites is 2. The molecule has 0 saturated carbocycles. The van der Waals surface area contributed by atoms with Gasteiger partial charge in [0, 0.05) is 71.8 Å². The Bertz CT molecular complexity index is 4770. The zero-order chi connectivity index (χ0) is 94.6. The molecule has 136 heavy (non-hydrogen) atoms. The lowest BCUT2D eigenvalue weighted by Gasteiger charge is -2.16. The lowest BCUT2D eigenvalue weighted by molar-refractivity contribution is 0.0682. The molecule has 0 aliphatic rings. The molecule has 0 saturated heterocycles. The number of esters is 2. The van der Waals surface area contributed by atoms with E-state index in [-0.39, 0.29) is 22.6 Å². The smallest absolute Gasteiger partial charge is 0.343 e. The number of unbranched alkanes of at least 4 members (excludes halogenated alkanes) is 32. The van der Waals surface area contributed by atoms with Crippen molar-refractivity contribution in [1.82, 2.24) is 39.9 Å². The van der Waals surface area contributed by atoms with E-state index in [0.29, 0.717) is 99.2 Å². The third kappa shape index (κ3) is 39.5. The number of aryl methyl sites for hydroxylation is 4. The summed E-state index contributed by atoms with van der Waals surface area (Å²) in [7, 11) is 0. The summed E-state index contributed by atoms with van der Waals surface area (Å²) >= 11 is 0. The van der Waals surface area contributed by atoms with Crippen molar-refractivity contribution in [3.8, 4) is 103 Å². The first-order valence-electron chi connectivity index (χ1n) is 51.7. The van der Waals surface area contributed by atoms with Crippen LogP contribution in [0.1, 0.15) is 327 Å². The summed E-state index contributed by atoms with van der Waals surface area (Å²) < 4.78 is 62.6. The zero-order valence-corrected chi connectivity index (χ0v) is 81.9. The third-order valence-electron chi connectivity index (χ3n) is 24.4. The number of nitrogens with zero attached hydrogens (tertiary/aromatic N) is 8. The van der Waals surface area contributed by atoms with Crippen LogP contribution in [0, 0.1) is 0 Å². The van der Waals surface area contributed by atoms with Crippen molar-refractivity contribution in [3.05, 3.63) is 241 Å². The zero-order valence-electron chi connectivity index (χ0n) is 81.9. The second kappa shape index (κ2) is 63.5.